The maximum absolute atomic E-state index is 12.1. The predicted molar refractivity (Wildman–Crippen MR) is 116 cm³/mol. The third-order valence-corrected chi connectivity index (χ3v) is 5.31. The number of rotatable bonds is 6. The number of benzene rings is 3. The molecule has 6 heteroatoms. The summed E-state index contributed by atoms with van der Waals surface area (Å²) in [6, 6.07) is 19.6. The van der Waals surface area contributed by atoms with Crippen molar-refractivity contribution in [2.24, 2.45) is 5.10 Å². The van der Waals surface area contributed by atoms with E-state index in [1.165, 1.54) is 0 Å². The zero-order chi connectivity index (χ0) is 19.2. The lowest BCUT2D eigenvalue weighted by Gasteiger charge is -2.10. The molecule has 0 saturated heterocycles. The molecule has 0 aliphatic heterocycles. The number of carbonyl (C=O) groups is 1. The number of hydrogen-bond donors (Lipinski definition) is 1. The molecule has 1 N–H and O–H groups in total. The van der Waals surface area contributed by atoms with Gasteiger partial charge in [0.1, 0.15) is 5.75 Å². The topological polar surface area (TPSA) is 50.7 Å². The molecule has 3 rings (SSSR count). The predicted octanol–water partition coefficient (Wildman–Crippen LogP) is 5.67. The van der Waals surface area contributed by atoms with Crippen molar-refractivity contribution < 1.29 is 9.53 Å². The largest absolute Gasteiger partial charge is 0.483 e. The SMILES string of the molecule is CC/C(=N/NC(=O)COc1ccc2cc(Br)ccc2c1Br)c1ccccc1. The van der Waals surface area contributed by atoms with E-state index in [0.717, 1.165) is 37.4 Å². The van der Waals surface area contributed by atoms with Gasteiger partial charge >= 0.3 is 0 Å². The van der Waals surface area contributed by atoms with E-state index in [1.54, 1.807) is 0 Å². The van der Waals surface area contributed by atoms with E-state index in [0.29, 0.717) is 5.75 Å². The van der Waals surface area contributed by atoms with Crippen molar-refractivity contribution in [1.29, 1.82) is 0 Å². The average molecular weight is 490 g/mol. The minimum atomic E-state index is -0.306. The first-order valence-corrected chi connectivity index (χ1v) is 10.1. The van der Waals surface area contributed by atoms with Crippen LogP contribution in [0.5, 0.6) is 5.75 Å². The Hall–Kier alpha value is -2.18. The van der Waals surface area contributed by atoms with Crippen molar-refractivity contribution in [2.75, 3.05) is 6.61 Å². The fourth-order valence-corrected chi connectivity index (χ4v) is 3.62. The number of fused-ring (bicyclic) bond motifs is 1. The number of carbonyl (C=O) groups excluding carboxylic acids is 1. The Morgan fingerprint density at radius 3 is 2.59 bits per heavy atom. The lowest BCUT2D eigenvalue weighted by molar-refractivity contribution is -0.123. The van der Waals surface area contributed by atoms with Gasteiger partial charge < -0.3 is 4.74 Å². The molecular weight excluding hydrogens is 472 g/mol. The van der Waals surface area contributed by atoms with Gasteiger partial charge in [-0.1, -0.05) is 65.3 Å². The Morgan fingerprint density at radius 2 is 1.85 bits per heavy atom. The molecule has 27 heavy (non-hydrogen) atoms. The zero-order valence-electron chi connectivity index (χ0n) is 14.7. The van der Waals surface area contributed by atoms with E-state index >= 15 is 0 Å². The van der Waals surface area contributed by atoms with E-state index in [-0.39, 0.29) is 12.5 Å². The molecule has 0 atom stereocenters. The highest BCUT2D eigenvalue weighted by Gasteiger charge is 2.09. The van der Waals surface area contributed by atoms with Crippen LogP contribution in [0.1, 0.15) is 18.9 Å². The summed E-state index contributed by atoms with van der Waals surface area (Å²) in [5.41, 5.74) is 4.38. The van der Waals surface area contributed by atoms with Gasteiger partial charge in [0.2, 0.25) is 0 Å². The fourth-order valence-electron chi connectivity index (χ4n) is 2.64. The second-order valence-corrected chi connectivity index (χ2v) is 7.55. The van der Waals surface area contributed by atoms with Crippen molar-refractivity contribution in [3.63, 3.8) is 0 Å². The molecule has 3 aromatic rings. The van der Waals surface area contributed by atoms with Gasteiger partial charge in [0.05, 0.1) is 10.2 Å². The van der Waals surface area contributed by atoms with Crippen LogP contribution in [-0.2, 0) is 4.79 Å². The first-order chi connectivity index (χ1) is 13.1. The van der Waals surface area contributed by atoms with Gasteiger partial charge in [-0.2, -0.15) is 5.10 Å². The van der Waals surface area contributed by atoms with Crippen LogP contribution >= 0.6 is 31.9 Å². The Balaban J connectivity index is 1.65. The first kappa shape index (κ1) is 19.6. The van der Waals surface area contributed by atoms with Gasteiger partial charge in [-0.3, -0.25) is 4.79 Å². The summed E-state index contributed by atoms with van der Waals surface area (Å²) >= 11 is 7.03. The van der Waals surface area contributed by atoms with Gasteiger partial charge in [-0.25, -0.2) is 5.43 Å². The van der Waals surface area contributed by atoms with E-state index in [9.17, 15) is 4.79 Å². The van der Waals surface area contributed by atoms with Crippen molar-refractivity contribution in [3.8, 4) is 5.75 Å². The molecule has 3 aromatic carbocycles. The number of amides is 1. The van der Waals surface area contributed by atoms with Crippen LogP contribution in [0.4, 0.5) is 0 Å². The van der Waals surface area contributed by atoms with Crippen LogP contribution in [0.25, 0.3) is 10.8 Å². The minimum absolute atomic E-state index is 0.115. The average Bonchev–Trinajstić information content (AvgIpc) is 2.68. The molecule has 1 amide bonds. The van der Waals surface area contributed by atoms with Gasteiger partial charge in [-0.15, -0.1) is 0 Å². The molecule has 0 aliphatic carbocycles. The maximum Gasteiger partial charge on any atom is 0.277 e. The number of nitrogens with zero attached hydrogens (tertiary/aromatic N) is 1. The summed E-state index contributed by atoms with van der Waals surface area (Å²) in [7, 11) is 0. The highest BCUT2D eigenvalue weighted by molar-refractivity contribution is 9.11. The monoisotopic (exact) mass is 488 g/mol. The molecule has 0 aliphatic rings. The van der Waals surface area contributed by atoms with Gasteiger partial charge in [0, 0.05) is 4.47 Å². The Morgan fingerprint density at radius 1 is 1.07 bits per heavy atom. The molecule has 0 heterocycles. The summed E-state index contributed by atoms with van der Waals surface area (Å²) in [4.78, 5) is 12.1. The second kappa shape index (κ2) is 9.15. The van der Waals surface area contributed by atoms with Crippen LogP contribution in [-0.4, -0.2) is 18.2 Å². The van der Waals surface area contributed by atoms with Crippen LogP contribution < -0.4 is 10.2 Å². The lowest BCUT2D eigenvalue weighted by Crippen LogP contribution is -2.26. The van der Waals surface area contributed by atoms with Crippen molar-refractivity contribution in [2.45, 2.75) is 13.3 Å². The van der Waals surface area contributed by atoms with Gasteiger partial charge in [0.15, 0.2) is 6.61 Å². The summed E-state index contributed by atoms with van der Waals surface area (Å²) in [5, 5.41) is 6.32. The summed E-state index contributed by atoms with van der Waals surface area (Å²) < 4.78 is 7.50. The van der Waals surface area contributed by atoms with Gasteiger partial charge in [0.25, 0.3) is 5.91 Å². The first-order valence-electron chi connectivity index (χ1n) is 8.50. The van der Waals surface area contributed by atoms with E-state index < -0.39 is 0 Å². The quantitative estimate of drug-likeness (QED) is 0.358. The number of hydrazone groups is 1. The van der Waals surface area contributed by atoms with Crippen molar-refractivity contribution in [1.82, 2.24) is 5.43 Å². The summed E-state index contributed by atoms with van der Waals surface area (Å²) in [6.07, 6.45) is 0.719. The maximum atomic E-state index is 12.1. The molecule has 0 saturated carbocycles. The minimum Gasteiger partial charge on any atom is -0.483 e. The standard InChI is InChI=1S/C21H18Br2N2O2/c1-2-18(14-6-4-3-5-7-14)24-25-20(26)13-27-19-11-8-15-12-16(22)9-10-17(15)21(19)23/h3-12H,2,13H2,1H3,(H,25,26)/b24-18-. The normalized spacial score (nSPS) is 11.4. The molecule has 4 nitrogen and oxygen atoms in total. The Kier molecular flexibility index (Phi) is 6.63. The molecule has 0 bridgehead atoms. The zero-order valence-corrected chi connectivity index (χ0v) is 17.9. The Labute approximate surface area is 174 Å². The molecule has 138 valence electrons. The highest BCUT2D eigenvalue weighted by Crippen LogP contribution is 2.34. The number of ether oxygens (including phenoxy) is 1. The number of nitrogens with one attached hydrogen (secondary N) is 1. The highest BCUT2D eigenvalue weighted by atomic mass is 79.9. The van der Waals surface area contributed by atoms with E-state index in [4.69, 9.17) is 4.74 Å². The van der Waals surface area contributed by atoms with Crippen LogP contribution in [0.3, 0.4) is 0 Å². The molecule has 0 fully saturated rings. The summed E-state index contributed by atoms with van der Waals surface area (Å²) in [5.74, 6) is 0.308. The smallest absolute Gasteiger partial charge is 0.277 e. The van der Waals surface area contributed by atoms with Crippen molar-refractivity contribution in [3.05, 3.63) is 75.2 Å². The molecular formula is C21H18Br2N2O2. The van der Waals surface area contributed by atoms with E-state index in [2.05, 4.69) is 42.4 Å². The third kappa shape index (κ3) is 4.96. The Bertz CT molecular complexity index is 988. The van der Waals surface area contributed by atoms with Crippen molar-refractivity contribution >= 4 is 54.3 Å². The fraction of sp³-hybridized carbons (Fsp3) is 0.143. The van der Waals surface area contributed by atoms with Crippen LogP contribution in [0.2, 0.25) is 0 Å². The summed E-state index contributed by atoms with van der Waals surface area (Å²) in [6.45, 7) is 1.88. The molecule has 0 unspecified atom stereocenters. The van der Waals surface area contributed by atoms with Crippen LogP contribution in [0, 0.1) is 0 Å². The number of halogens is 2. The third-order valence-electron chi connectivity index (χ3n) is 4.00. The second-order valence-electron chi connectivity index (χ2n) is 5.84. The molecule has 0 spiro atoms. The molecule has 0 aromatic heterocycles. The van der Waals surface area contributed by atoms with Crippen LogP contribution in [0.15, 0.2) is 74.7 Å². The van der Waals surface area contributed by atoms with Gasteiger partial charge in [-0.05, 0) is 56.9 Å². The lowest BCUT2D eigenvalue weighted by atomic mass is 10.1. The van der Waals surface area contributed by atoms with E-state index in [1.807, 2.05) is 67.6 Å². The number of hydrogen-bond acceptors (Lipinski definition) is 3. The molecule has 0 radical (unpaired) electrons.